The van der Waals surface area contributed by atoms with Gasteiger partial charge in [0, 0.05) is 16.4 Å². The van der Waals surface area contributed by atoms with Gasteiger partial charge in [-0.25, -0.2) is 4.57 Å². The first-order valence-electron chi connectivity index (χ1n) is 14.2. The first-order chi connectivity index (χ1) is 17.8. The van der Waals surface area contributed by atoms with Crippen molar-refractivity contribution in [3.8, 4) is 11.3 Å². The van der Waals surface area contributed by atoms with E-state index in [9.17, 15) is 0 Å². The van der Waals surface area contributed by atoms with Crippen molar-refractivity contribution in [3.63, 3.8) is 0 Å². The van der Waals surface area contributed by atoms with Gasteiger partial charge in [-0.3, -0.25) is 0 Å². The summed E-state index contributed by atoms with van der Waals surface area (Å²) in [7, 11) is 0. The van der Waals surface area contributed by atoms with Crippen molar-refractivity contribution in [3.05, 3.63) is 82.4 Å². The normalized spacial score (nSPS) is 21.9. The van der Waals surface area contributed by atoms with E-state index in [4.69, 9.17) is 0 Å². The average Bonchev–Trinajstić information content (AvgIpc) is 3.28. The summed E-state index contributed by atoms with van der Waals surface area (Å²) in [5.41, 5.74) is 10.8. The number of hydrogen-bond acceptors (Lipinski definition) is 0. The number of aryl methyl sites for hydroxylation is 3. The quantitative estimate of drug-likeness (QED) is 0.210. The lowest BCUT2D eigenvalue weighted by molar-refractivity contribution is -0.745. The zero-order valence-electron chi connectivity index (χ0n) is 23.7. The summed E-state index contributed by atoms with van der Waals surface area (Å²) in [5, 5.41) is 4.31. The molecular weight excluding hydrogens is 448 g/mol. The van der Waals surface area contributed by atoms with Gasteiger partial charge in [-0.15, -0.1) is 0 Å². The molecule has 190 valence electrons. The summed E-state index contributed by atoms with van der Waals surface area (Å²) in [6, 6.07) is 13.7. The van der Waals surface area contributed by atoms with Crippen LogP contribution in [0.1, 0.15) is 70.1 Å². The van der Waals surface area contributed by atoms with Gasteiger partial charge in [0.2, 0.25) is 0 Å². The second kappa shape index (κ2) is 8.18. The van der Waals surface area contributed by atoms with Crippen LogP contribution in [0.2, 0.25) is 0 Å². The van der Waals surface area contributed by atoms with Crippen molar-refractivity contribution in [2.45, 2.75) is 79.7 Å². The highest BCUT2D eigenvalue weighted by Gasteiger charge is 2.58. The van der Waals surface area contributed by atoms with E-state index in [1.54, 1.807) is 5.57 Å². The molecule has 6 rings (SSSR count). The second-order valence-electron chi connectivity index (χ2n) is 11.6. The predicted molar refractivity (Wildman–Crippen MR) is 157 cm³/mol. The highest BCUT2D eigenvalue weighted by atomic mass is 15.2. The Morgan fingerprint density at radius 2 is 1.73 bits per heavy atom. The molecule has 2 unspecified atom stereocenters. The minimum absolute atomic E-state index is 0.0288. The fourth-order valence-corrected chi connectivity index (χ4v) is 8.45. The Morgan fingerprint density at radius 3 is 2.35 bits per heavy atom. The number of rotatable bonds is 5. The lowest BCUT2D eigenvalue weighted by Gasteiger charge is -2.51. The highest BCUT2D eigenvalue weighted by molar-refractivity contribution is 5.89. The summed E-state index contributed by atoms with van der Waals surface area (Å²) < 4.78 is 5.25. The highest BCUT2D eigenvalue weighted by Crippen LogP contribution is 2.55. The largest absolute Gasteiger partial charge is 0.295 e. The first-order valence-corrected chi connectivity index (χ1v) is 14.2. The molecule has 2 nitrogen and oxygen atoms in total. The Kier molecular flexibility index (Phi) is 5.36. The van der Waals surface area contributed by atoms with Gasteiger partial charge in [-0.05, 0) is 92.5 Å². The number of benzene rings is 2. The number of nitrogens with zero attached hydrogens (tertiary/aromatic N) is 2. The van der Waals surface area contributed by atoms with Crippen molar-refractivity contribution in [1.82, 2.24) is 4.40 Å². The number of allylic oxidation sites excluding steroid dienone is 1. The SMILES string of the molecule is C=CC1(CC)[n+]2cc(-c3c(C)cccc3C)n3c4ccc(C)cc4c4c(c32)=C(C(C)CC=4)C1(CC)CC. The maximum atomic E-state index is 4.55. The Morgan fingerprint density at radius 1 is 1.03 bits per heavy atom. The van der Waals surface area contributed by atoms with E-state index in [0.29, 0.717) is 5.92 Å². The molecule has 1 aliphatic carbocycles. The molecule has 0 bridgehead atoms. The number of imidazole rings is 1. The lowest BCUT2D eigenvalue weighted by atomic mass is 9.55. The smallest absolute Gasteiger partial charge is 0.219 e. The zero-order chi connectivity index (χ0) is 26.3. The van der Waals surface area contributed by atoms with Gasteiger partial charge in [0.05, 0.1) is 5.22 Å². The lowest BCUT2D eigenvalue weighted by Crippen LogP contribution is -2.70. The maximum absolute atomic E-state index is 4.55. The molecule has 0 spiro atoms. The molecule has 37 heavy (non-hydrogen) atoms. The van der Waals surface area contributed by atoms with Crippen LogP contribution in [0.15, 0.2) is 55.3 Å². The molecule has 0 N–H and O–H groups in total. The van der Waals surface area contributed by atoms with Crippen LogP contribution < -0.4 is 15.0 Å². The van der Waals surface area contributed by atoms with E-state index in [0.717, 1.165) is 25.7 Å². The van der Waals surface area contributed by atoms with E-state index in [1.807, 2.05) is 0 Å². The van der Waals surface area contributed by atoms with Crippen molar-refractivity contribution in [2.75, 3.05) is 0 Å². The Labute approximate surface area is 221 Å². The number of hydrogen-bond donors (Lipinski definition) is 0. The van der Waals surface area contributed by atoms with Crippen LogP contribution in [-0.2, 0) is 5.54 Å². The standard InChI is InChI=1S/C35H41N2/c1-9-34(10-2)32-25(8)17-18-26-27-20-22(5)16-19-28(27)37-29(30-23(6)14-13-15-24(30)7)21-36(33(37)31(26)32)35(34,11-3)12-4/h11,13-16,18-21,25H,3,9-10,12,17H2,1-2,4-8H3/q+1. The molecule has 2 heteroatoms. The molecule has 1 aliphatic heterocycles. The molecule has 2 aromatic carbocycles. The van der Waals surface area contributed by atoms with Gasteiger partial charge in [0.25, 0.3) is 5.65 Å². The van der Waals surface area contributed by atoms with Crippen LogP contribution in [0.4, 0.5) is 0 Å². The van der Waals surface area contributed by atoms with E-state index < -0.39 is 0 Å². The van der Waals surface area contributed by atoms with Gasteiger partial charge < -0.3 is 0 Å². The van der Waals surface area contributed by atoms with Crippen LogP contribution in [0, 0.1) is 32.1 Å². The minimum atomic E-state index is -0.180. The van der Waals surface area contributed by atoms with Crippen molar-refractivity contribution >= 4 is 28.2 Å². The molecule has 0 saturated heterocycles. The first kappa shape index (κ1) is 24.2. The molecule has 3 heterocycles. The molecular formula is C35H41N2+. The Balaban J connectivity index is 2.01. The maximum Gasteiger partial charge on any atom is 0.295 e. The van der Waals surface area contributed by atoms with E-state index in [2.05, 4.69) is 119 Å². The van der Waals surface area contributed by atoms with Crippen molar-refractivity contribution in [1.29, 1.82) is 0 Å². The van der Waals surface area contributed by atoms with E-state index in [-0.39, 0.29) is 11.0 Å². The third-order valence-electron chi connectivity index (χ3n) is 10.1. The molecule has 0 fully saturated rings. The third kappa shape index (κ3) is 2.79. The van der Waals surface area contributed by atoms with Crippen LogP contribution in [-0.4, -0.2) is 4.40 Å². The predicted octanol–water partition coefficient (Wildman–Crippen LogP) is 7.05. The summed E-state index contributed by atoms with van der Waals surface area (Å²) in [5.74, 6) is 0.511. The minimum Gasteiger partial charge on any atom is -0.219 e. The van der Waals surface area contributed by atoms with Crippen LogP contribution in [0.3, 0.4) is 0 Å². The molecule has 0 amide bonds. The van der Waals surface area contributed by atoms with Gasteiger partial charge in [0.15, 0.2) is 5.69 Å². The van der Waals surface area contributed by atoms with Crippen molar-refractivity contribution < 1.29 is 4.57 Å². The van der Waals surface area contributed by atoms with Gasteiger partial charge in [-0.1, -0.05) is 70.2 Å². The molecule has 0 saturated carbocycles. The second-order valence-corrected chi connectivity index (χ2v) is 11.6. The van der Waals surface area contributed by atoms with E-state index in [1.165, 1.54) is 54.9 Å². The third-order valence-corrected chi connectivity index (χ3v) is 10.1. The molecule has 2 atom stereocenters. The summed E-state index contributed by atoms with van der Waals surface area (Å²) in [6.07, 6.45) is 11.7. The number of fused-ring (bicyclic) bond motifs is 3. The molecule has 4 aromatic rings. The fraction of sp³-hybridized carbons (Fsp3) is 0.400. The fourth-order valence-electron chi connectivity index (χ4n) is 8.45. The Hall–Kier alpha value is -3.13. The Bertz CT molecular complexity index is 1710. The molecule has 0 radical (unpaired) electrons. The van der Waals surface area contributed by atoms with Crippen molar-refractivity contribution in [2.24, 2.45) is 11.3 Å². The summed E-state index contributed by atoms with van der Waals surface area (Å²) in [4.78, 5) is 0. The zero-order valence-corrected chi connectivity index (χ0v) is 23.7. The van der Waals surface area contributed by atoms with E-state index >= 15 is 0 Å². The summed E-state index contributed by atoms with van der Waals surface area (Å²) >= 11 is 0. The number of pyridine rings is 1. The average molecular weight is 490 g/mol. The monoisotopic (exact) mass is 489 g/mol. The molecule has 2 aliphatic rings. The van der Waals surface area contributed by atoms with Crippen LogP contribution in [0.5, 0.6) is 0 Å². The van der Waals surface area contributed by atoms with Crippen LogP contribution in [0.25, 0.3) is 39.5 Å². The van der Waals surface area contributed by atoms with Gasteiger partial charge in [0.1, 0.15) is 17.3 Å². The summed E-state index contributed by atoms with van der Waals surface area (Å²) in [6.45, 7) is 20.9. The van der Waals surface area contributed by atoms with Gasteiger partial charge in [-0.2, -0.15) is 4.40 Å². The molecule has 2 aromatic heterocycles. The topological polar surface area (TPSA) is 8.29 Å². The van der Waals surface area contributed by atoms with Crippen LogP contribution >= 0.6 is 0 Å². The number of aromatic nitrogens is 2. The van der Waals surface area contributed by atoms with Gasteiger partial charge >= 0.3 is 0 Å².